The molecule has 1 heterocycles. The molecule has 1 aromatic carbocycles. The van der Waals surface area contributed by atoms with Gasteiger partial charge in [-0.3, -0.25) is 14.9 Å². The van der Waals surface area contributed by atoms with Crippen LogP contribution in [0.4, 0.5) is 5.69 Å². The third kappa shape index (κ3) is 4.13. The van der Waals surface area contributed by atoms with E-state index in [2.05, 4.69) is 5.32 Å². The average molecular weight is 290 g/mol. The molecular weight excluding hydrogens is 272 g/mol. The molecule has 1 amide bonds. The number of carbonyl (C=O) groups excluding carboxylic acids is 1. The maximum absolute atomic E-state index is 11.8. The van der Waals surface area contributed by atoms with E-state index in [1.54, 1.807) is 18.2 Å². The van der Waals surface area contributed by atoms with Crippen LogP contribution in [-0.4, -0.2) is 29.6 Å². The van der Waals surface area contributed by atoms with E-state index in [1.165, 1.54) is 18.2 Å². The lowest BCUT2D eigenvalue weighted by Gasteiger charge is -2.18. The lowest BCUT2D eigenvalue weighted by atomic mass is 10.1. The number of nitro benzene ring substituents is 1. The van der Waals surface area contributed by atoms with Crippen molar-refractivity contribution in [1.82, 2.24) is 5.32 Å². The number of hydrogen-bond acceptors (Lipinski definition) is 4. The maximum atomic E-state index is 11.8. The van der Waals surface area contributed by atoms with Gasteiger partial charge in [-0.15, -0.1) is 0 Å². The highest BCUT2D eigenvalue weighted by Crippen LogP contribution is 2.19. The summed E-state index contributed by atoms with van der Waals surface area (Å²) < 4.78 is 5.50. The Labute approximate surface area is 122 Å². The van der Waals surface area contributed by atoms with Crippen molar-refractivity contribution in [2.45, 2.75) is 31.9 Å². The molecule has 2 atom stereocenters. The molecule has 0 saturated carbocycles. The number of amides is 1. The molecule has 2 rings (SSSR count). The zero-order chi connectivity index (χ0) is 15.2. The van der Waals surface area contributed by atoms with Gasteiger partial charge in [0.1, 0.15) is 0 Å². The van der Waals surface area contributed by atoms with Gasteiger partial charge in [0.25, 0.3) is 5.69 Å². The van der Waals surface area contributed by atoms with Crippen molar-refractivity contribution in [2.75, 3.05) is 6.61 Å². The Hall–Kier alpha value is -2.21. The molecule has 112 valence electrons. The second-order valence-electron chi connectivity index (χ2n) is 5.00. The summed E-state index contributed by atoms with van der Waals surface area (Å²) in [6, 6.07) is 6.22. The van der Waals surface area contributed by atoms with E-state index in [0.717, 1.165) is 19.4 Å². The zero-order valence-electron chi connectivity index (χ0n) is 11.8. The minimum Gasteiger partial charge on any atom is -0.376 e. The quantitative estimate of drug-likeness (QED) is 0.512. The van der Waals surface area contributed by atoms with Gasteiger partial charge in [-0.2, -0.15) is 0 Å². The highest BCUT2D eigenvalue weighted by Gasteiger charge is 2.23. The fourth-order valence-electron chi connectivity index (χ4n) is 2.32. The summed E-state index contributed by atoms with van der Waals surface area (Å²) in [5, 5.41) is 13.7. The summed E-state index contributed by atoms with van der Waals surface area (Å²) in [4.78, 5) is 22.2. The van der Waals surface area contributed by atoms with Gasteiger partial charge < -0.3 is 10.1 Å². The molecule has 6 nitrogen and oxygen atoms in total. The molecule has 21 heavy (non-hydrogen) atoms. The third-order valence-electron chi connectivity index (χ3n) is 3.44. The number of nitrogens with zero attached hydrogens (tertiary/aromatic N) is 1. The lowest BCUT2D eigenvalue weighted by Crippen LogP contribution is -2.40. The van der Waals surface area contributed by atoms with E-state index >= 15 is 0 Å². The molecule has 1 aliphatic rings. The first-order valence-electron chi connectivity index (χ1n) is 6.91. The summed E-state index contributed by atoms with van der Waals surface area (Å²) >= 11 is 0. The lowest BCUT2D eigenvalue weighted by molar-refractivity contribution is -0.385. The molecule has 0 aromatic heterocycles. The topological polar surface area (TPSA) is 81.5 Å². The number of rotatable bonds is 5. The van der Waals surface area contributed by atoms with E-state index in [4.69, 9.17) is 4.74 Å². The van der Waals surface area contributed by atoms with Crippen molar-refractivity contribution in [3.63, 3.8) is 0 Å². The first kappa shape index (κ1) is 15.2. The summed E-state index contributed by atoms with van der Waals surface area (Å²) in [5.41, 5.74) is 0.385. The third-order valence-corrected chi connectivity index (χ3v) is 3.44. The molecule has 0 aliphatic carbocycles. The predicted octanol–water partition coefficient (Wildman–Crippen LogP) is 2.29. The fraction of sp³-hybridized carbons (Fsp3) is 0.400. The molecule has 0 spiro atoms. The van der Waals surface area contributed by atoms with E-state index in [9.17, 15) is 14.9 Å². The van der Waals surface area contributed by atoms with Gasteiger partial charge in [-0.25, -0.2) is 0 Å². The van der Waals surface area contributed by atoms with E-state index in [0.29, 0.717) is 5.56 Å². The minimum absolute atomic E-state index is 0.0197. The van der Waals surface area contributed by atoms with Crippen LogP contribution in [0.15, 0.2) is 30.3 Å². The summed E-state index contributed by atoms with van der Waals surface area (Å²) in [5.74, 6) is -0.281. The number of ether oxygens (including phenoxy) is 1. The second kappa shape index (κ2) is 6.99. The second-order valence-corrected chi connectivity index (χ2v) is 5.00. The molecule has 0 radical (unpaired) electrons. The number of hydrogen-bond donors (Lipinski definition) is 1. The number of carbonyl (C=O) groups is 1. The molecule has 6 heteroatoms. The smallest absolute Gasteiger partial charge is 0.276 e. The van der Waals surface area contributed by atoms with Gasteiger partial charge in [-0.05, 0) is 31.9 Å². The standard InChI is InChI=1S/C15H18N2O4/c1-11(14-7-4-10-21-14)16-15(18)9-8-12-5-2-3-6-13(12)17(19)20/h2-3,5-6,8-9,11,14H,4,7,10H2,1H3,(H,16,18)/b9-8-/t11-,14+/m0/s1. The van der Waals surface area contributed by atoms with E-state index in [1.807, 2.05) is 6.92 Å². The van der Waals surface area contributed by atoms with Crippen LogP contribution in [0, 0.1) is 10.1 Å². The average Bonchev–Trinajstić information content (AvgIpc) is 2.99. The largest absolute Gasteiger partial charge is 0.376 e. The molecule has 0 bridgehead atoms. The molecule has 1 aromatic rings. The van der Waals surface area contributed by atoms with Crippen LogP contribution in [0.5, 0.6) is 0 Å². The predicted molar refractivity (Wildman–Crippen MR) is 78.7 cm³/mol. The Morgan fingerprint density at radius 3 is 2.95 bits per heavy atom. The number of para-hydroxylation sites is 1. The first-order valence-corrected chi connectivity index (χ1v) is 6.91. The van der Waals surface area contributed by atoms with Crippen molar-refractivity contribution >= 4 is 17.7 Å². The molecular formula is C15H18N2O4. The van der Waals surface area contributed by atoms with Crippen molar-refractivity contribution in [3.05, 3.63) is 46.0 Å². The first-order chi connectivity index (χ1) is 10.1. The molecule has 1 fully saturated rings. The highest BCUT2D eigenvalue weighted by molar-refractivity contribution is 5.92. The Kier molecular flexibility index (Phi) is 5.05. The van der Waals surface area contributed by atoms with Crippen molar-refractivity contribution in [3.8, 4) is 0 Å². The zero-order valence-corrected chi connectivity index (χ0v) is 11.8. The monoisotopic (exact) mass is 290 g/mol. The fourth-order valence-corrected chi connectivity index (χ4v) is 2.32. The molecule has 1 aliphatic heterocycles. The number of benzene rings is 1. The van der Waals surface area contributed by atoms with Crippen LogP contribution in [0.25, 0.3) is 6.08 Å². The van der Waals surface area contributed by atoms with Crippen LogP contribution in [0.1, 0.15) is 25.3 Å². The molecule has 0 unspecified atom stereocenters. The molecule has 1 saturated heterocycles. The van der Waals surface area contributed by atoms with Crippen LogP contribution < -0.4 is 5.32 Å². The van der Waals surface area contributed by atoms with Crippen LogP contribution >= 0.6 is 0 Å². The minimum atomic E-state index is -0.466. The summed E-state index contributed by atoms with van der Waals surface area (Å²) in [7, 11) is 0. The Morgan fingerprint density at radius 2 is 2.29 bits per heavy atom. The number of nitro groups is 1. The van der Waals surface area contributed by atoms with E-state index < -0.39 is 4.92 Å². The summed E-state index contributed by atoms with van der Waals surface area (Å²) in [6.45, 7) is 2.63. The van der Waals surface area contributed by atoms with Gasteiger partial charge in [0.2, 0.25) is 5.91 Å². The van der Waals surface area contributed by atoms with Crippen LogP contribution in [-0.2, 0) is 9.53 Å². The van der Waals surface area contributed by atoms with Crippen LogP contribution in [0.2, 0.25) is 0 Å². The SMILES string of the molecule is C[C@H](NC(=O)/C=C\c1ccccc1[N+](=O)[O-])[C@H]1CCCO1. The van der Waals surface area contributed by atoms with Gasteiger partial charge in [0, 0.05) is 18.7 Å². The van der Waals surface area contributed by atoms with Gasteiger partial charge in [0.05, 0.1) is 22.6 Å². The highest BCUT2D eigenvalue weighted by atomic mass is 16.6. The van der Waals surface area contributed by atoms with Gasteiger partial charge in [0.15, 0.2) is 0 Å². The van der Waals surface area contributed by atoms with Gasteiger partial charge >= 0.3 is 0 Å². The van der Waals surface area contributed by atoms with Crippen LogP contribution in [0.3, 0.4) is 0 Å². The molecule has 1 N–H and O–H groups in total. The van der Waals surface area contributed by atoms with Crippen molar-refractivity contribution < 1.29 is 14.5 Å². The van der Waals surface area contributed by atoms with Crippen molar-refractivity contribution in [1.29, 1.82) is 0 Å². The Morgan fingerprint density at radius 1 is 1.52 bits per heavy atom. The maximum Gasteiger partial charge on any atom is 0.276 e. The Bertz CT molecular complexity index is 550. The van der Waals surface area contributed by atoms with E-state index in [-0.39, 0.29) is 23.7 Å². The number of nitrogens with one attached hydrogen (secondary N) is 1. The van der Waals surface area contributed by atoms with Crippen molar-refractivity contribution in [2.24, 2.45) is 0 Å². The van der Waals surface area contributed by atoms with Gasteiger partial charge in [-0.1, -0.05) is 12.1 Å². The summed E-state index contributed by atoms with van der Waals surface area (Å²) in [6.07, 6.45) is 4.77. The normalized spacial score (nSPS) is 19.6. The Balaban J connectivity index is 1.97.